The van der Waals surface area contributed by atoms with Crippen LogP contribution in [0.3, 0.4) is 0 Å². The van der Waals surface area contributed by atoms with Gasteiger partial charge in [-0.1, -0.05) is 34.1 Å². The molecule has 1 aliphatic carbocycles. The van der Waals surface area contributed by atoms with Gasteiger partial charge in [-0.05, 0) is 35.3 Å². The molecule has 1 aliphatic rings. The van der Waals surface area contributed by atoms with E-state index in [2.05, 4.69) is 27.7 Å². The van der Waals surface area contributed by atoms with Gasteiger partial charge in [-0.25, -0.2) is 0 Å². The van der Waals surface area contributed by atoms with Crippen LogP contribution in [0.4, 0.5) is 0 Å². The molecule has 0 bridgehead atoms. The monoisotopic (exact) mass is 202 g/mol. The second kappa shape index (κ2) is 3.27. The molecule has 0 unspecified atom stereocenters. The molecule has 1 fully saturated rings. The lowest BCUT2D eigenvalue weighted by Gasteiger charge is -2.47. The maximum Gasteiger partial charge on any atom is 0.225 e. The molecule has 0 radical (unpaired) electrons. The molecule has 0 aliphatic heterocycles. The van der Waals surface area contributed by atoms with E-state index in [-0.39, 0.29) is 22.0 Å². The van der Waals surface area contributed by atoms with Crippen LogP contribution >= 0.6 is 11.6 Å². The molecule has 0 atom stereocenters. The van der Waals surface area contributed by atoms with E-state index in [4.69, 9.17) is 11.6 Å². The van der Waals surface area contributed by atoms with E-state index in [1.54, 1.807) is 0 Å². The number of carbonyl (C=O) groups excluding carboxylic acids is 1. The summed E-state index contributed by atoms with van der Waals surface area (Å²) in [6, 6.07) is 0. The molecule has 0 aromatic heterocycles. The van der Waals surface area contributed by atoms with Crippen LogP contribution in [0.1, 0.15) is 47.0 Å². The van der Waals surface area contributed by atoms with Crippen LogP contribution in [-0.4, -0.2) is 5.24 Å². The van der Waals surface area contributed by atoms with Gasteiger partial charge in [0.15, 0.2) is 0 Å². The van der Waals surface area contributed by atoms with Crippen molar-refractivity contribution in [1.82, 2.24) is 0 Å². The van der Waals surface area contributed by atoms with Gasteiger partial charge in [-0.2, -0.15) is 0 Å². The lowest BCUT2D eigenvalue weighted by molar-refractivity contribution is -0.126. The molecule has 13 heavy (non-hydrogen) atoms. The average molecular weight is 203 g/mol. The quantitative estimate of drug-likeness (QED) is 0.594. The second-order valence-corrected chi connectivity index (χ2v) is 5.94. The highest BCUT2D eigenvalue weighted by atomic mass is 35.5. The summed E-state index contributed by atoms with van der Waals surface area (Å²) in [7, 11) is 0. The Morgan fingerprint density at radius 1 is 1.15 bits per heavy atom. The highest BCUT2D eigenvalue weighted by Gasteiger charge is 2.47. The van der Waals surface area contributed by atoms with E-state index >= 15 is 0 Å². The third-order valence-electron chi connectivity index (χ3n) is 3.43. The van der Waals surface area contributed by atoms with Gasteiger partial charge >= 0.3 is 0 Å². The van der Waals surface area contributed by atoms with Crippen LogP contribution in [0.25, 0.3) is 0 Å². The molecular weight excluding hydrogens is 184 g/mol. The first-order chi connectivity index (χ1) is 5.77. The fourth-order valence-electron chi connectivity index (χ4n) is 2.96. The summed E-state index contributed by atoms with van der Waals surface area (Å²) >= 11 is 5.69. The van der Waals surface area contributed by atoms with Crippen LogP contribution in [0.5, 0.6) is 0 Å². The third-order valence-corrected chi connectivity index (χ3v) is 3.65. The Morgan fingerprint density at radius 2 is 1.54 bits per heavy atom. The predicted octanol–water partition coefficient (Wildman–Crippen LogP) is 3.60. The van der Waals surface area contributed by atoms with Crippen molar-refractivity contribution in [3.8, 4) is 0 Å². The first kappa shape index (κ1) is 11.0. The largest absolute Gasteiger partial charge is 0.281 e. The zero-order valence-corrected chi connectivity index (χ0v) is 9.74. The van der Waals surface area contributed by atoms with Crippen LogP contribution in [-0.2, 0) is 4.79 Å². The standard InChI is InChI=1S/C11H19ClO/c1-10(2)6-5-7-11(3,4)8(10)9(12)13/h8H,5-7H2,1-4H3. The van der Waals surface area contributed by atoms with Crippen molar-refractivity contribution in [2.45, 2.75) is 47.0 Å². The maximum absolute atomic E-state index is 11.4. The summed E-state index contributed by atoms with van der Waals surface area (Å²) in [5.41, 5.74) is 0.140. The van der Waals surface area contributed by atoms with E-state index in [0.717, 1.165) is 12.8 Å². The average Bonchev–Trinajstić information content (AvgIpc) is 1.79. The fraction of sp³-hybridized carbons (Fsp3) is 0.909. The van der Waals surface area contributed by atoms with Crippen molar-refractivity contribution in [3.05, 3.63) is 0 Å². The maximum atomic E-state index is 11.4. The van der Waals surface area contributed by atoms with E-state index in [1.165, 1.54) is 6.42 Å². The van der Waals surface area contributed by atoms with E-state index in [9.17, 15) is 4.79 Å². The van der Waals surface area contributed by atoms with Gasteiger partial charge < -0.3 is 0 Å². The number of hydrogen-bond donors (Lipinski definition) is 0. The Morgan fingerprint density at radius 3 is 1.77 bits per heavy atom. The first-order valence-corrected chi connectivity index (χ1v) is 5.34. The van der Waals surface area contributed by atoms with Crippen LogP contribution < -0.4 is 0 Å². The summed E-state index contributed by atoms with van der Waals surface area (Å²) in [5.74, 6) is 0.00965. The van der Waals surface area contributed by atoms with Gasteiger partial charge in [0.1, 0.15) is 0 Å². The molecule has 1 saturated carbocycles. The molecule has 2 heteroatoms. The summed E-state index contributed by atoms with van der Waals surface area (Å²) < 4.78 is 0. The number of hydrogen-bond acceptors (Lipinski definition) is 1. The Hall–Kier alpha value is -0.0400. The molecule has 0 amide bonds. The molecule has 76 valence electrons. The highest BCUT2D eigenvalue weighted by Crippen LogP contribution is 2.51. The Labute approximate surface area is 85.8 Å². The normalized spacial score (nSPS) is 27.2. The molecule has 1 rings (SSSR count). The molecular formula is C11H19ClO. The zero-order valence-electron chi connectivity index (χ0n) is 8.98. The first-order valence-electron chi connectivity index (χ1n) is 4.97. The van der Waals surface area contributed by atoms with E-state index < -0.39 is 0 Å². The van der Waals surface area contributed by atoms with Gasteiger partial charge in [-0.3, -0.25) is 4.79 Å². The number of halogens is 1. The smallest absolute Gasteiger partial charge is 0.225 e. The fourth-order valence-corrected chi connectivity index (χ4v) is 3.55. The lowest BCUT2D eigenvalue weighted by Crippen LogP contribution is -2.43. The minimum Gasteiger partial charge on any atom is -0.281 e. The lowest BCUT2D eigenvalue weighted by atomic mass is 9.58. The van der Waals surface area contributed by atoms with Gasteiger partial charge in [-0.15, -0.1) is 0 Å². The zero-order chi connectivity index (χ0) is 10.3. The summed E-state index contributed by atoms with van der Waals surface area (Å²) in [6.07, 6.45) is 3.43. The van der Waals surface area contributed by atoms with Crippen molar-refractivity contribution < 1.29 is 4.79 Å². The van der Waals surface area contributed by atoms with Crippen molar-refractivity contribution in [2.75, 3.05) is 0 Å². The van der Waals surface area contributed by atoms with Gasteiger partial charge in [0, 0.05) is 5.92 Å². The molecule has 1 nitrogen and oxygen atoms in total. The van der Waals surface area contributed by atoms with Gasteiger partial charge in [0.2, 0.25) is 5.24 Å². The Balaban J connectivity index is 2.98. The second-order valence-electron chi connectivity index (χ2n) is 5.57. The number of carbonyl (C=O) groups is 1. The topological polar surface area (TPSA) is 17.1 Å². The van der Waals surface area contributed by atoms with Crippen LogP contribution in [0.15, 0.2) is 0 Å². The predicted molar refractivity (Wildman–Crippen MR) is 55.8 cm³/mol. The van der Waals surface area contributed by atoms with Gasteiger partial charge in [0.05, 0.1) is 0 Å². The van der Waals surface area contributed by atoms with Crippen molar-refractivity contribution in [3.63, 3.8) is 0 Å². The Kier molecular flexibility index (Phi) is 2.78. The van der Waals surface area contributed by atoms with E-state index in [0.29, 0.717) is 0 Å². The molecule has 0 saturated heterocycles. The van der Waals surface area contributed by atoms with Gasteiger partial charge in [0.25, 0.3) is 0 Å². The molecule has 0 aromatic rings. The SMILES string of the molecule is CC1(C)CCCC(C)(C)C1C(=O)Cl. The molecule has 0 aromatic carbocycles. The minimum atomic E-state index is -0.158. The van der Waals surface area contributed by atoms with Crippen molar-refractivity contribution >= 4 is 16.8 Å². The van der Waals surface area contributed by atoms with Crippen molar-refractivity contribution in [2.24, 2.45) is 16.7 Å². The Bertz CT molecular complexity index is 202. The van der Waals surface area contributed by atoms with Crippen molar-refractivity contribution in [1.29, 1.82) is 0 Å². The number of rotatable bonds is 1. The van der Waals surface area contributed by atoms with E-state index in [1.807, 2.05) is 0 Å². The summed E-state index contributed by atoms with van der Waals surface area (Å²) in [6.45, 7) is 8.61. The summed E-state index contributed by atoms with van der Waals surface area (Å²) in [4.78, 5) is 11.4. The minimum absolute atomic E-state index is 0.00965. The molecule has 0 heterocycles. The highest BCUT2D eigenvalue weighted by molar-refractivity contribution is 6.64. The van der Waals surface area contributed by atoms with Crippen LogP contribution in [0.2, 0.25) is 0 Å². The summed E-state index contributed by atoms with van der Waals surface area (Å²) in [5, 5.41) is -0.158. The van der Waals surface area contributed by atoms with Crippen LogP contribution in [0, 0.1) is 16.7 Å². The molecule has 0 spiro atoms. The third kappa shape index (κ3) is 2.07. The molecule has 0 N–H and O–H groups in total.